The van der Waals surface area contributed by atoms with Crippen molar-refractivity contribution in [2.24, 2.45) is 0 Å². The zero-order valence-electron chi connectivity index (χ0n) is 10.2. The largest absolute Gasteiger partial charge is 0.314 e. The van der Waals surface area contributed by atoms with Crippen molar-refractivity contribution >= 4 is 29.0 Å². The summed E-state index contributed by atoms with van der Waals surface area (Å²) in [6.45, 7) is 1.01. The highest BCUT2D eigenvalue weighted by molar-refractivity contribution is 6.36. The number of carbonyl (C=O) groups is 1. The van der Waals surface area contributed by atoms with Crippen LogP contribution in [-0.2, 0) is 0 Å². The summed E-state index contributed by atoms with van der Waals surface area (Å²) < 4.78 is 0. The number of ketones is 1. The molecule has 1 unspecified atom stereocenters. The first kappa shape index (κ1) is 13.9. The summed E-state index contributed by atoms with van der Waals surface area (Å²) in [5, 5.41) is 4.43. The molecule has 4 heteroatoms. The highest BCUT2D eigenvalue weighted by Crippen LogP contribution is 2.23. The average Bonchev–Trinajstić information content (AvgIpc) is 2.57. The van der Waals surface area contributed by atoms with Crippen molar-refractivity contribution in [1.29, 1.82) is 0 Å². The number of carbonyl (C=O) groups excluding carboxylic acids is 1. The van der Waals surface area contributed by atoms with Gasteiger partial charge < -0.3 is 5.32 Å². The number of hydrogen-bond acceptors (Lipinski definition) is 2. The van der Waals surface area contributed by atoms with Gasteiger partial charge in [-0.3, -0.25) is 4.79 Å². The lowest BCUT2D eigenvalue weighted by Crippen LogP contribution is -2.30. The first-order valence-electron chi connectivity index (χ1n) is 6.38. The molecule has 1 aliphatic heterocycles. The van der Waals surface area contributed by atoms with Crippen LogP contribution in [0.1, 0.15) is 42.5 Å². The van der Waals surface area contributed by atoms with E-state index in [0.29, 0.717) is 22.0 Å². The summed E-state index contributed by atoms with van der Waals surface area (Å²) in [5.41, 5.74) is 0.576. The molecule has 0 radical (unpaired) electrons. The fraction of sp³-hybridized carbons (Fsp3) is 0.500. The van der Waals surface area contributed by atoms with E-state index in [0.717, 1.165) is 13.0 Å². The molecule has 1 aliphatic rings. The van der Waals surface area contributed by atoms with Crippen LogP contribution in [0.5, 0.6) is 0 Å². The number of nitrogens with one attached hydrogen (secondary N) is 1. The van der Waals surface area contributed by atoms with Gasteiger partial charge >= 0.3 is 0 Å². The lowest BCUT2D eigenvalue weighted by atomic mass is 10.0. The van der Waals surface area contributed by atoms with E-state index in [-0.39, 0.29) is 11.8 Å². The van der Waals surface area contributed by atoms with Gasteiger partial charge in [-0.1, -0.05) is 36.0 Å². The van der Waals surface area contributed by atoms with E-state index in [1.54, 1.807) is 18.2 Å². The topological polar surface area (TPSA) is 29.1 Å². The van der Waals surface area contributed by atoms with Crippen LogP contribution < -0.4 is 5.32 Å². The number of halogens is 2. The first-order chi connectivity index (χ1) is 8.66. The second kappa shape index (κ2) is 6.55. The average molecular weight is 286 g/mol. The minimum atomic E-state index is 0.0936. The third-order valence-electron chi connectivity index (χ3n) is 3.33. The normalized spacial score (nSPS) is 20.4. The molecule has 0 aliphatic carbocycles. The Morgan fingerprint density at radius 1 is 1.28 bits per heavy atom. The number of rotatable bonds is 3. The molecule has 0 bridgehead atoms. The maximum absolute atomic E-state index is 12.2. The van der Waals surface area contributed by atoms with Gasteiger partial charge in [0.05, 0.1) is 5.02 Å². The van der Waals surface area contributed by atoms with Gasteiger partial charge in [-0.15, -0.1) is 0 Å². The van der Waals surface area contributed by atoms with E-state index < -0.39 is 0 Å². The highest BCUT2D eigenvalue weighted by atomic mass is 35.5. The third kappa shape index (κ3) is 3.71. The Labute approximate surface area is 118 Å². The molecule has 0 saturated carbocycles. The van der Waals surface area contributed by atoms with Crippen molar-refractivity contribution in [2.75, 3.05) is 6.54 Å². The SMILES string of the molecule is O=C(CC1CCCCCN1)c1ccc(Cl)cc1Cl. The second-order valence-electron chi connectivity index (χ2n) is 4.75. The molecule has 1 saturated heterocycles. The van der Waals surface area contributed by atoms with Crippen LogP contribution in [0.15, 0.2) is 18.2 Å². The van der Waals surface area contributed by atoms with Crippen molar-refractivity contribution in [3.05, 3.63) is 33.8 Å². The Bertz CT molecular complexity index is 426. The van der Waals surface area contributed by atoms with Crippen LogP contribution >= 0.6 is 23.2 Å². The highest BCUT2D eigenvalue weighted by Gasteiger charge is 2.18. The molecular weight excluding hydrogens is 269 g/mol. The fourth-order valence-corrected chi connectivity index (χ4v) is 2.84. The Balaban J connectivity index is 2.02. The third-order valence-corrected chi connectivity index (χ3v) is 3.87. The molecule has 1 fully saturated rings. The molecule has 0 aromatic heterocycles. The molecule has 1 aromatic rings. The number of Topliss-reactive ketones (excluding diaryl/α,β-unsaturated/α-hetero) is 1. The molecule has 2 nitrogen and oxygen atoms in total. The van der Waals surface area contributed by atoms with Crippen LogP contribution in [0.4, 0.5) is 0 Å². The number of hydrogen-bond donors (Lipinski definition) is 1. The minimum Gasteiger partial charge on any atom is -0.314 e. The van der Waals surface area contributed by atoms with Gasteiger partial charge in [0.1, 0.15) is 0 Å². The van der Waals surface area contributed by atoms with Gasteiger partial charge in [0.15, 0.2) is 5.78 Å². The molecule has 0 spiro atoms. The van der Waals surface area contributed by atoms with E-state index >= 15 is 0 Å². The summed E-state index contributed by atoms with van der Waals surface area (Å²) in [6.07, 6.45) is 5.23. The van der Waals surface area contributed by atoms with Crippen LogP contribution in [0, 0.1) is 0 Å². The molecule has 0 amide bonds. The lowest BCUT2D eigenvalue weighted by Gasteiger charge is -2.15. The maximum Gasteiger partial charge on any atom is 0.165 e. The molecule has 1 N–H and O–H groups in total. The Morgan fingerprint density at radius 3 is 2.89 bits per heavy atom. The van der Waals surface area contributed by atoms with Crippen LogP contribution in [0.25, 0.3) is 0 Å². The van der Waals surface area contributed by atoms with Gasteiger partial charge in [-0.2, -0.15) is 0 Å². The van der Waals surface area contributed by atoms with Crippen molar-refractivity contribution < 1.29 is 4.79 Å². The predicted molar refractivity (Wildman–Crippen MR) is 75.7 cm³/mol. The van der Waals surface area contributed by atoms with Crippen molar-refractivity contribution in [3.8, 4) is 0 Å². The monoisotopic (exact) mass is 285 g/mol. The standard InChI is InChI=1S/C14H17Cl2NO/c15-10-5-6-12(13(16)8-10)14(18)9-11-4-2-1-3-7-17-11/h5-6,8,11,17H,1-4,7,9H2. The number of benzene rings is 1. The Hall–Kier alpha value is -0.570. The van der Waals surface area contributed by atoms with Gasteiger partial charge in [0.25, 0.3) is 0 Å². The van der Waals surface area contributed by atoms with Crippen molar-refractivity contribution in [1.82, 2.24) is 5.32 Å². The van der Waals surface area contributed by atoms with E-state index in [2.05, 4.69) is 5.32 Å². The molecule has 2 rings (SSSR count). The fourth-order valence-electron chi connectivity index (χ4n) is 2.32. The van der Waals surface area contributed by atoms with E-state index in [1.807, 2.05) is 0 Å². The molecule has 1 heterocycles. The molecule has 1 atom stereocenters. The zero-order chi connectivity index (χ0) is 13.0. The van der Waals surface area contributed by atoms with Crippen molar-refractivity contribution in [3.63, 3.8) is 0 Å². The Morgan fingerprint density at radius 2 is 2.11 bits per heavy atom. The van der Waals surface area contributed by atoms with Gasteiger partial charge in [0, 0.05) is 23.0 Å². The summed E-state index contributed by atoms with van der Waals surface area (Å²) in [4.78, 5) is 12.2. The molecule has 98 valence electrons. The van der Waals surface area contributed by atoms with Crippen LogP contribution in [-0.4, -0.2) is 18.4 Å². The van der Waals surface area contributed by atoms with Crippen molar-refractivity contribution in [2.45, 2.75) is 38.1 Å². The summed E-state index contributed by atoms with van der Waals surface area (Å²) in [6, 6.07) is 5.33. The predicted octanol–water partition coefficient (Wildman–Crippen LogP) is 4.10. The van der Waals surface area contributed by atoms with Crippen LogP contribution in [0.3, 0.4) is 0 Å². The Kier molecular flexibility index (Phi) is 5.04. The van der Waals surface area contributed by atoms with Gasteiger partial charge in [-0.05, 0) is 37.6 Å². The summed E-state index contributed by atoms with van der Waals surface area (Å²) in [5.74, 6) is 0.0936. The quantitative estimate of drug-likeness (QED) is 0.848. The maximum atomic E-state index is 12.2. The summed E-state index contributed by atoms with van der Waals surface area (Å²) in [7, 11) is 0. The smallest absolute Gasteiger partial charge is 0.165 e. The first-order valence-corrected chi connectivity index (χ1v) is 7.14. The lowest BCUT2D eigenvalue weighted by molar-refractivity contribution is 0.0968. The molecule has 1 aromatic carbocycles. The second-order valence-corrected chi connectivity index (χ2v) is 5.60. The van der Waals surface area contributed by atoms with Gasteiger partial charge in [-0.25, -0.2) is 0 Å². The summed E-state index contributed by atoms with van der Waals surface area (Å²) >= 11 is 11.9. The van der Waals surface area contributed by atoms with Gasteiger partial charge in [0.2, 0.25) is 0 Å². The zero-order valence-corrected chi connectivity index (χ0v) is 11.7. The molecular formula is C14H17Cl2NO. The van der Waals surface area contributed by atoms with E-state index in [1.165, 1.54) is 19.3 Å². The minimum absolute atomic E-state index is 0.0936. The van der Waals surface area contributed by atoms with E-state index in [4.69, 9.17) is 23.2 Å². The van der Waals surface area contributed by atoms with E-state index in [9.17, 15) is 4.79 Å². The van der Waals surface area contributed by atoms with Crippen LogP contribution in [0.2, 0.25) is 10.0 Å². The molecule has 18 heavy (non-hydrogen) atoms.